The van der Waals surface area contributed by atoms with Crippen molar-refractivity contribution in [3.63, 3.8) is 0 Å². The fourth-order valence-corrected chi connectivity index (χ4v) is 5.01. The maximum absolute atomic E-state index is 13.5. The highest BCUT2D eigenvalue weighted by atomic mass is 19.4. The SMILES string of the molecule is CCC(Nc1nc(Nc2ccc(OC)c(C(F)(F)F)c2)nc(NC2CCCCCC2)n1)C1CCCN1. The van der Waals surface area contributed by atoms with Gasteiger partial charge in [0.05, 0.1) is 12.7 Å². The van der Waals surface area contributed by atoms with Gasteiger partial charge in [-0.1, -0.05) is 32.6 Å². The zero-order valence-electron chi connectivity index (χ0n) is 20.9. The zero-order chi connectivity index (χ0) is 25.5. The van der Waals surface area contributed by atoms with Crippen molar-refractivity contribution in [3.05, 3.63) is 23.8 Å². The van der Waals surface area contributed by atoms with Gasteiger partial charge >= 0.3 is 6.18 Å². The Hall–Kier alpha value is -2.82. The van der Waals surface area contributed by atoms with E-state index in [2.05, 4.69) is 43.1 Å². The van der Waals surface area contributed by atoms with Crippen LogP contribution in [0.4, 0.5) is 36.7 Å². The molecular weight excluding hydrogens is 471 g/mol. The number of halogens is 3. The molecule has 198 valence electrons. The Bertz CT molecular complexity index is 990. The van der Waals surface area contributed by atoms with Crippen LogP contribution in [-0.2, 0) is 6.18 Å². The molecule has 11 heteroatoms. The van der Waals surface area contributed by atoms with Crippen LogP contribution in [0.1, 0.15) is 70.3 Å². The summed E-state index contributed by atoms with van der Waals surface area (Å²) in [6.45, 7) is 3.10. The first-order valence-electron chi connectivity index (χ1n) is 12.9. The van der Waals surface area contributed by atoms with Crippen LogP contribution in [0.3, 0.4) is 0 Å². The van der Waals surface area contributed by atoms with E-state index in [0.29, 0.717) is 17.9 Å². The predicted octanol–water partition coefficient (Wildman–Crippen LogP) is 5.72. The van der Waals surface area contributed by atoms with Crippen LogP contribution in [0.2, 0.25) is 0 Å². The molecule has 4 N–H and O–H groups in total. The minimum absolute atomic E-state index is 0.131. The first-order chi connectivity index (χ1) is 17.4. The summed E-state index contributed by atoms with van der Waals surface area (Å²) in [4.78, 5) is 13.6. The van der Waals surface area contributed by atoms with Crippen molar-refractivity contribution in [2.45, 2.75) is 89.0 Å². The smallest absolute Gasteiger partial charge is 0.420 e. The van der Waals surface area contributed by atoms with Crippen molar-refractivity contribution in [1.29, 1.82) is 0 Å². The molecule has 1 saturated carbocycles. The van der Waals surface area contributed by atoms with Crippen LogP contribution < -0.4 is 26.0 Å². The largest absolute Gasteiger partial charge is 0.496 e. The normalized spacial score (nSPS) is 20.0. The molecule has 8 nitrogen and oxygen atoms in total. The number of hydrogen-bond donors (Lipinski definition) is 4. The van der Waals surface area contributed by atoms with Gasteiger partial charge in [0.15, 0.2) is 0 Å². The third kappa shape index (κ3) is 6.89. The highest BCUT2D eigenvalue weighted by Gasteiger charge is 2.34. The highest BCUT2D eigenvalue weighted by molar-refractivity contribution is 5.59. The van der Waals surface area contributed by atoms with E-state index in [0.717, 1.165) is 57.6 Å². The molecule has 2 unspecified atom stereocenters. The van der Waals surface area contributed by atoms with Gasteiger partial charge in [-0.2, -0.15) is 28.1 Å². The summed E-state index contributed by atoms with van der Waals surface area (Å²) in [7, 11) is 1.22. The molecule has 2 aliphatic rings. The Labute approximate surface area is 210 Å². The fourth-order valence-electron chi connectivity index (χ4n) is 5.01. The lowest BCUT2D eigenvalue weighted by Gasteiger charge is -2.24. The predicted molar refractivity (Wildman–Crippen MR) is 135 cm³/mol. The molecule has 0 bridgehead atoms. The second-order valence-electron chi connectivity index (χ2n) is 9.54. The van der Waals surface area contributed by atoms with E-state index >= 15 is 0 Å². The number of anilines is 4. The maximum Gasteiger partial charge on any atom is 0.420 e. The van der Waals surface area contributed by atoms with E-state index in [4.69, 9.17) is 4.74 Å². The standard InChI is InChI=1S/C25H36F3N7O/c1-3-19(20-11-8-14-29-20)32-24-34-22(30-16-9-6-4-5-7-10-16)33-23(35-24)31-17-12-13-21(36-2)18(15-17)25(26,27)28/h12-13,15-16,19-20,29H,3-11,14H2,1-2H3,(H3,30,31,32,33,34,35). The van der Waals surface area contributed by atoms with Gasteiger partial charge in [0.2, 0.25) is 17.8 Å². The van der Waals surface area contributed by atoms with Crippen molar-refractivity contribution < 1.29 is 17.9 Å². The average Bonchev–Trinajstić information content (AvgIpc) is 3.27. The number of rotatable bonds is 9. The summed E-state index contributed by atoms with van der Waals surface area (Å²) in [6.07, 6.45) is 5.34. The van der Waals surface area contributed by atoms with E-state index in [9.17, 15) is 13.2 Å². The lowest BCUT2D eigenvalue weighted by atomic mass is 10.0. The average molecular weight is 508 g/mol. The van der Waals surface area contributed by atoms with Crippen LogP contribution >= 0.6 is 0 Å². The van der Waals surface area contributed by atoms with E-state index in [1.54, 1.807) is 0 Å². The Morgan fingerprint density at radius 2 is 1.72 bits per heavy atom. The minimum atomic E-state index is -4.55. The van der Waals surface area contributed by atoms with Crippen LogP contribution in [0, 0.1) is 0 Å². The lowest BCUT2D eigenvalue weighted by Crippen LogP contribution is -2.40. The number of methoxy groups -OCH3 is 1. The molecule has 1 aliphatic heterocycles. The maximum atomic E-state index is 13.5. The molecule has 4 rings (SSSR count). The number of aromatic nitrogens is 3. The molecule has 1 aliphatic carbocycles. The van der Waals surface area contributed by atoms with Gasteiger partial charge in [0.25, 0.3) is 0 Å². The summed E-state index contributed by atoms with van der Waals surface area (Å²) < 4.78 is 45.5. The van der Waals surface area contributed by atoms with Gasteiger partial charge < -0.3 is 26.0 Å². The lowest BCUT2D eigenvalue weighted by molar-refractivity contribution is -0.138. The Morgan fingerprint density at radius 3 is 2.36 bits per heavy atom. The molecule has 0 radical (unpaired) electrons. The first kappa shape index (κ1) is 26.2. The van der Waals surface area contributed by atoms with Crippen LogP contribution in [0.15, 0.2) is 18.2 Å². The van der Waals surface area contributed by atoms with Crippen molar-refractivity contribution in [2.75, 3.05) is 29.6 Å². The molecule has 2 atom stereocenters. The number of alkyl halides is 3. The third-order valence-electron chi connectivity index (χ3n) is 6.92. The van der Waals surface area contributed by atoms with Crippen LogP contribution in [0.25, 0.3) is 0 Å². The molecule has 1 saturated heterocycles. The zero-order valence-corrected chi connectivity index (χ0v) is 20.9. The summed E-state index contributed by atoms with van der Waals surface area (Å²) in [5.41, 5.74) is -0.650. The third-order valence-corrected chi connectivity index (χ3v) is 6.92. The molecule has 0 amide bonds. The number of nitrogens with zero attached hydrogens (tertiary/aromatic N) is 3. The molecule has 2 fully saturated rings. The summed E-state index contributed by atoms with van der Waals surface area (Å²) in [6, 6.07) is 4.51. The molecule has 2 heterocycles. The minimum Gasteiger partial charge on any atom is -0.496 e. The van der Waals surface area contributed by atoms with E-state index < -0.39 is 11.7 Å². The van der Waals surface area contributed by atoms with Crippen LogP contribution in [0.5, 0.6) is 5.75 Å². The van der Waals surface area contributed by atoms with Gasteiger partial charge in [-0.3, -0.25) is 0 Å². The second-order valence-corrected chi connectivity index (χ2v) is 9.54. The van der Waals surface area contributed by atoms with Gasteiger partial charge in [0, 0.05) is 23.8 Å². The molecule has 0 spiro atoms. The molecule has 1 aromatic heterocycles. The van der Waals surface area contributed by atoms with Crippen molar-refractivity contribution in [3.8, 4) is 5.75 Å². The molecule has 1 aromatic carbocycles. The highest BCUT2D eigenvalue weighted by Crippen LogP contribution is 2.38. The molecular formula is C25H36F3N7O. The number of benzene rings is 1. The van der Waals surface area contributed by atoms with Crippen molar-refractivity contribution in [2.24, 2.45) is 0 Å². The van der Waals surface area contributed by atoms with Crippen molar-refractivity contribution >= 4 is 23.5 Å². The van der Waals surface area contributed by atoms with Gasteiger partial charge in [-0.25, -0.2) is 0 Å². The van der Waals surface area contributed by atoms with E-state index in [1.807, 2.05) is 0 Å². The molecule has 36 heavy (non-hydrogen) atoms. The Morgan fingerprint density at radius 1 is 1.00 bits per heavy atom. The van der Waals surface area contributed by atoms with Crippen molar-refractivity contribution in [1.82, 2.24) is 20.3 Å². The monoisotopic (exact) mass is 507 g/mol. The van der Waals surface area contributed by atoms with Crippen LogP contribution in [-0.4, -0.2) is 46.7 Å². The first-order valence-corrected chi connectivity index (χ1v) is 12.9. The number of nitrogens with one attached hydrogen (secondary N) is 4. The summed E-state index contributed by atoms with van der Waals surface area (Å²) in [5, 5.41) is 13.3. The Kier molecular flexibility index (Phi) is 8.71. The van der Waals surface area contributed by atoms with E-state index in [-0.39, 0.29) is 29.5 Å². The summed E-state index contributed by atoms with van der Waals surface area (Å²) >= 11 is 0. The second kappa shape index (κ2) is 11.9. The summed E-state index contributed by atoms with van der Waals surface area (Å²) in [5.74, 6) is 0.752. The Balaban J connectivity index is 1.61. The van der Waals surface area contributed by atoms with Gasteiger partial charge in [0.1, 0.15) is 5.75 Å². The topological polar surface area (TPSA) is 96.0 Å². The number of ether oxygens (including phenoxy) is 1. The fraction of sp³-hybridized carbons (Fsp3) is 0.640. The van der Waals surface area contributed by atoms with E-state index in [1.165, 1.54) is 32.1 Å². The van der Waals surface area contributed by atoms with Gasteiger partial charge in [-0.05, 0) is 56.8 Å². The molecule has 2 aromatic rings. The van der Waals surface area contributed by atoms with Gasteiger partial charge in [-0.15, -0.1) is 0 Å². The quantitative estimate of drug-likeness (QED) is 0.320. The number of hydrogen-bond acceptors (Lipinski definition) is 8.